The van der Waals surface area contributed by atoms with E-state index < -0.39 is 12.6 Å². The number of rotatable bonds is 9. The summed E-state index contributed by atoms with van der Waals surface area (Å²) >= 11 is 0. The molecule has 98 valence electrons. The first kappa shape index (κ1) is 13.9. The van der Waals surface area contributed by atoms with Gasteiger partial charge >= 0.3 is 5.97 Å². The Morgan fingerprint density at radius 1 is 1.35 bits per heavy atom. The van der Waals surface area contributed by atoms with Gasteiger partial charge < -0.3 is 19.9 Å². The molecular formula is C11H19NO5. The van der Waals surface area contributed by atoms with Crippen LogP contribution >= 0.6 is 0 Å². The van der Waals surface area contributed by atoms with Crippen molar-refractivity contribution in [3.05, 3.63) is 0 Å². The second kappa shape index (κ2) is 6.56. The molecule has 0 radical (unpaired) electrons. The molecule has 1 fully saturated rings. The maximum atomic E-state index is 11.3. The number of ether oxygens (including phenoxy) is 2. The van der Waals surface area contributed by atoms with Crippen molar-refractivity contribution >= 4 is 11.9 Å². The second-order valence-corrected chi connectivity index (χ2v) is 4.41. The Labute approximate surface area is 100 Å². The first-order chi connectivity index (χ1) is 8.08. The number of nitrogens with one attached hydrogen (secondary N) is 1. The van der Waals surface area contributed by atoms with Crippen LogP contribution in [-0.4, -0.2) is 50.5 Å². The summed E-state index contributed by atoms with van der Waals surface area (Å²) in [5.41, 5.74) is 0.193. The van der Waals surface area contributed by atoms with Crippen LogP contribution < -0.4 is 5.32 Å². The minimum absolute atomic E-state index is 0.193. The van der Waals surface area contributed by atoms with Gasteiger partial charge in [0.2, 0.25) is 5.91 Å². The van der Waals surface area contributed by atoms with Crippen LogP contribution in [0.25, 0.3) is 0 Å². The molecule has 0 saturated heterocycles. The van der Waals surface area contributed by atoms with Crippen molar-refractivity contribution in [2.24, 2.45) is 5.41 Å². The van der Waals surface area contributed by atoms with E-state index in [9.17, 15) is 9.59 Å². The molecule has 0 aromatic rings. The summed E-state index contributed by atoms with van der Waals surface area (Å²) in [5, 5.41) is 11.1. The molecule has 17 heavy (non-hydrogen) atoms. The van der Waals surface area contributed by atoms with Gasteiger partial charge in [0.25, 0.3) is 0 Å². The average Bonchev–Trinajstić information content (AvgIpc) is 3.04. The fourth-order valence-electron chi connectivity index (χ4n) is 1.58. The number of carboxylic acids is 1. The van der Waals surface area contributed by atoms with Gasteiger partial charge in [-0.1, -0.05) is 0 Å². The Kier molecular flexibility index (Phi) is 5.37. The summed E-state index contributed by atoms with van der Waals surface area (Å²) < 4.78 is 9.70. The minimum Gasteiger partial charge on any atom is -0.480 e. The molecular weight excluding hydrogens is 226 g/mol. The van der Waals surface area contributed by atoms with Gasteiger partial charge in [-0.3, -0.25) is 4.79 Å². The van der Waals surface area contributed by atoms with E-state index in [4.69, 9.17) is 9.84 Å². The van der Waals surface area contributed by atoms with E-state index in [2.05, 4.69) is 10.1 Å². The van der Waals surface area contributed by atoms with Gasteiger partial charge in [-0.05, 0) is 24.7 Å². The van der Waals surface area contributed by atoms with Gasteiger partial charge in [0, 0.05) is 20.3 Å². The molecule has 0 spiro atoms. The highest BCUT2D eigenvalue weighted by atomic mass is 16.5. The summed E-state index contributed by atoms with van der Waals surface area (Å²) in [6, 6.07) is 0. The zero-order valence-corrected chi connectivity index (χ0v) is 10.0. The lowest BCUT2D eigenvalue weighted by Gasteiger charge is -2.15. The molecule has 0 aromatic carbocycles. The number of aliphatic carboxylic acids is 1. The largest absolute Gasteiger partial charge is 0.480 e. The molecule has 0 atom stereocenters. The number of carbonyl (C=O) groups is 2. The molecule has 0 unspecified atom stereocenters. The molecule has 1 aliphatic rings. The molecule has 0 bridgehead atoms. The number of methoxy groups -OCH3 is 1. The Balaban J connectivity index is 2.09. The molecule has 6 nitrogen and oxygen atoms in total. The fraction of sp³-hybridized carbons (Fsp3) is 0.818. The van der Waals surface area contributed by atoms with Crippen LogP contribution in [0.2, 0.25) is 0 Å². The normalized spacial score (nSPS) is 16.5. The lowest BCUT2D eigenvalue weighted by Crippen LogP contribution is -2.34. The van der Waals surface area contributed by atoms with Crippen LogP contribution in [0.4, 0.5) is 0 Å². The first-order valence-electron chi connectivity index (χ1n) is 5.63. The molecule has 1 saturated carbocycles. The quantitative estimate of drug-likeness (QED) is 0.598. The Morgan fingerprint density at radius 3 is 2.59 bits per heavy atom. The van der Waals surface area contributed by atoms with Crippen LogP contribution in [0.5, 0.6) is 0 Å². The fourth-order valence-corrected chi connectivity index (χ4v) is 1.58. The van der Waals surface area contributed by atoms with Crippen LogP contribution in [0.3, 0.4) is 0 Å². The van der Waals surface area contributed by atoms with E-state index in [0.29, 0.717) is 13.2 Å². The number of amides is 1. The first-order valence-corrected chi connectivity index (χ1v) is 5.63. The highest BCUT2D eigenvalue weighted by Gasteiger charge is 2.41. The predicted octanol–water partition coefficient (Wildman–Crippen LogP) is 0.0205. The lowest BCUT2D eigenvalue weighted by atomic mass is 10.0. The van der Waals surface area contributed by atoms with E-state index in [0.717, 1.165) is 19.3 Å². The monoisotopic (exact) mass is 245 g/mol. The number of hydrogen-bond acceptors (Lipinski definition) is 4. The van der Waals surface area contributed by atoms with Crippen molar-refractivity contribution < 1.29 is 24.2 Å². The Morgan fingerprint density at radius 2 is 2.06 bits per heavy atom. The Bertz CT molecular complexity index is 275. The minimum atomic E-state index is -1.07. The third-order valence-electron chi connectivity index (χ3n) is 2.91. The highest BCUT2D eigenvalue weighted by Crippen LogP contribution is 2.48. The van der Waals surface area contributed by atoms with Crippen molar-refractivity contribution in [2.45, 2.75) is 19.3 Å². The van der Waals surface area contributed by atoms with Crippen molar-refractivity contribution in [3.8, 4) is 0 Å². The third kappa shape index (κ3) is 5.65. The zero-order valence-electron chi connectivity index (χ0n) is 10.0. The molecule has 1 rings (SSSR count). The summed E-state index contributed by atoms with van der Waals surface area (Å²) in [6.45, 7) is 0.673. The second-order valence-electron chi connectivity index (χ2n) is 4.41. The van der Waals surface area contributed by atoms with Gasteiger partial charge in [-0.25, -0.2) is 4.79 Å². The maximum absolute atomic E-state index is 11.3. The van der Waals surface area contributed by atoms with Crippen molar-refractivity contribution in [2.75, 3.05) is 33.5 Å². The van der Waals surface area contributed by atoms with Crippen LogP contribution in [0, 0.1) is 5.41 Å². The van der Waals surface area contributed by atoms with Crippen LogP contribution in [0.15, 0.2) is 0 Å². The van der Waals surface area contributed by atoms with Gasteiger partial charge in [0.05, 0.1) is 0 Å². The zero-order chi connectivity index (χ0) is 12.7. The molecule has 0 heterocycles. The van der Waals surface area contributed by atoms with Gasteiger partial charge in [-0.15, -0.1) is 0 Å². The number of hydrogen-bond donors (Lipinski definition) is 2. The van der Waals surface area contributed by atoms with E-state index in [1.165, 1.54) is 0 Å². The van der Waals surface area contributed by atoms with Gasteiger partial charge in [0.1, 0.15) is 13.2 Å². The van der Waals surface area contributed by atoms with E-state index in [-0.39, 0.29) is 17.9 Å². The summed E-state index contributed by atoms with van der Waals surface area (Å²) in [6.07, 6.45) is 3.15. The Hall–Kier alpha value is -1.14. The lowest BCUT2D eigenvalue weighted by molar-refractivity contribution is -0.143. The predicted molar refractivity (Wildman–Crippen MR) is 59.6 cm³/mol. The maximum Gasteiger partial charge on any atom is 0.329 e. The van der Waals surface area contributed by atoms with Crippen molar-refractivity contribution in [3.63, 3.8) is 0 Å². The molecule has 0 aliphatic heterocycles. The molecule has 2 N–H and O–H groups in total. The third-order valence-corrected chi connectivity index (χ3v) is 2.91. The van der Waals surface area contributed by atoms with E-state index in [1.807, 2.05) is 0 Å². The van der Waals surface area contributed by atoms with Crippen LogP contribution in [-0.2, 0) is 19.1 Å². The molecule has 1 aliphatic carbocycles. The van der Waals surface area contributed by atoms with E-state index in [1.54, 1.807) is 7.11 Å². The number of carboxylic acid groups (broad SMARTS) is 1. The molecule has 6 heteroatoms. The number of carbonyl (C=O) groups excluding carboxylic acids is 1. The standard InChI is InChI=1S/C11H19NO5/c1-16-5-4-11(2-3-11)8-12-9(13)6-17-7-10(14)15/h2-8H2,1H3,(H,12,13)(H,14,15). The van der Waals surface area contributed by atoms with Gasteiger partial charge in [-0.2, -0.15) is 0 Å². The summed E-state index contributed by atoms with van der Waals surface area (Å²) in [4.78, 5) is 21.5. The van der Waals surface area contributed by atoms with Crippen LogP contribution in [0.1, 0.15) is 19.3 Å². The summed E-state index contributed by atoms with van der Waals surface area (Å²) in [5.74, 6) is -1.34. The van der Waals surface area contributed by atoms with Gasteiger partial charge in [0.15, 0.2) is 0 Å². The van der Waals surface area contributed by atoms with Crippen molar-refractivity contribution in [1.82, 2.24) is 5.32 Å². The van der Waals surface area contributed by atoms with Crippen molar-refractivity contribution in [1.29, 1.82) is 0 Å². The SMILES string of the molecule is COCCC1(CNC(=O)COCC(=O)O)CC1. The smallest absolute Gasteiger partial charge is 0.329 e. The molecule has 1 amide bonds. The van der Waals surface area contributed by atoms with E-state index >= 15 is 0 Å². The summed E-state index contributed by atoms with van der Waals surface area (Å²) in [7, 11) is 1.66. The molecule has 0 aromatic heterocycles. The topological polar surface area (TPSA) is 84.9 Å². The average molecular weight is 245 g/mol. The highest BCUT2D eigenvalue weighted by molar-refractivity contribution is 5.77.